The molecule has 5 heteroatoms. The normalized spacial score (nSPS) is 22.3. The van der Waals surface area contributed by atoms with Gasteiger partial charge in [-0.1, -0.05) is 18.2 Å². The average molecular weight is 321 g/mol. The van der Waals surface area contributed by atoms with Crippen LogP contribution in [0.5, 0.6) is 0 Å². The lowest BCUT2D eigenvalue weighted by molar-refractivity contribution is 0.164. The fraction of sp³-hybridized carbons (Fsp3) is 0.471. The molecule has 0 aliphatic carbocycles. The molecule has 120 valence electrons. The summed E-state index contributed by atoms with van der Waals surface area (Å²) in [7, 11) is 0. The summed E-state index contributed by atoms with van der Waals surface area (Å²) in [6.07, 6.45) is 1.90. The Bertz CT molecular complexity index is 600. The van der Waals surface area contributed by atoms with Crippen molar-refractivity contribution in [1.82, 2.24) is 20.0 Å². The molecule has 0 saturated carbocycles. The van der Waals surface area contributed by atoms with E-state index in [0.717, 1.165) is 19.6 Å². The van der Waals surface area contributed by atoms with E-state index in [0.29, 0.717) is 12.1 Å². The number of aryl methyl sites for hydroxylation is 1. The molecule has 3 rings (SSSR count). The van der Waals surface area contributed by atoms with Gasteiger partial charge in [0.25, 0.3) is 0 Å². The van der Waals surface area contributed by atoms with E-state index >= 15 is 0 Å². The van der Waals surface area contributed by atoms with E-state index in [9.17, 15) is 0 Å². The standard InChI is InChI=1S/C17H24N4.ClH/c1-13-6-4-5-7-17(13)21-16(8-9-18-21)12-20-10-14(2)19-15(3)11-20;/h4-9,14-15,19H,10-12H2,1-3H3;1H. The highest BCUT2D eigenvalue weighted by Crippen LogP contribution is 2.17. The van der Waals surface area contributed by atoms with E-state index in [1.165, 1.54) is 16.9 Å². The monoisotopic (exact) mass is 320 g/mol. The molecule has 1 aliphatic rings. The summed E-state index contributed by atoms with van der Waals surface area (Å²) in [5, 5.41) is 8.11. The second kappa shape index (κ2) is 7.27. The highest BCUT2D eigenvalue weighted by molar-refractivity contribution is 5.85. The summed E-state index contributed by atoms with van der Waals surface area (Å²) in [4.78, 5) is 2.51. The van der Waals surface area contributed by atoms with Crippen LogP contribution in [0.15, 0.2) is 36.5 Å². The third-order valence-corrected chi connectivity index (χ3v) is 4.08. The molecule has 0 amide bonds. The Morgan fingerprint density at radius 1 is 1.14 bits per heavy atom. The Hall–Kier alpha value is -1.36. The molecule has 1 aliphatic heterocycles. The first-order valence-corrected chi connectivity index (χ1v) is 7.71. The number of benzene rings is 1. The Labute approximate surface area is 138 Å². The van der Waals surface area contributed by atoms with Crippen molar-refractivity contribution in [2.45, 2.75) is 39.4 Å². The predicted octanol–water partition coefficient (Wildman–Crippen LogP) is 2.78. The smallest absolute Gasteiger partial charge is 0.0678 e. The molecule has 0 bridgehead atoms. The number of halogens is 1. The van der Waals surface area contributed by atoms with Crippen LogP contribution in [0.1, 0.15) is 25.1 Å². The zero-order chi connectivity index (χ0) is 14.8. The van der Waals surface area contributed by atoms with Gasteiger partial charge in [-0.15, -0.1) is 12.4 Å². The quantitative estimate of drug-likeness (QED) is 0.944. The van der Waals surface area contributed by atoms with E-state index in [4.69, 9.17) is 0 Å². The van der Waals surface area contributed by atoms with E-state index < -0.39 is 0 Å². The van der Waals surface area contributed by atoms with Crippen molar-refractivity contribution >= 4 is 12.4 Å². The van der Waals surface area contributed by atoms with Gasteiger partial charge in [-0.3, -0.25) is 4.90 Å². The van der Waals surface area contributed by atoms with Crippen molar-refractivity contribution in [3.63, 3.8) is 0 Å². The zero-order valence-corrected chi connectivity index (χ0v) is 14.3. The van der Waals surface area contributed by atoms with Crippen LogP contribution in [0, 0.1) is 6.92 Å². The zero-order valence-electron chi connectivity index (χ0n) is 13.5. The lowest BCUT2D eigenvalue weighted by atomic mass is 10.1. The minimum absolute atomic E-state index is 0. The number of hydrogen-bond acceptors (Lipinski definition) is 3. The van der Waals surface area contributed by atoms with Gasteiger partial charge in [0.1, 0.15) is 0 Å². The fourth-order valence-electron chi connectivity index (χ4n) is 3.27. The molecule has 2 aromatic rings. The van der Waals surface area contributed by atoms with Gasteiger partial charge in [-0.2, -0.15) is 5.10 Å². The molecule has 2 heterocycles. The maximum atomic E-state index is 4.53. The predicted molar refractivity (Wildman–Crippen MR) is 92.9 cm³/mol. The molecule has 1 aromatic carbocycles. The van der Waals surface area contributed by atoms with Crippen LogP contribution < -0.4 is 5.32 Å². The number of piperazine rings is 1. The van der Waals surface area contributed by atoms with E-state index in [1.54, 1.807) is 0 Å². The maximum absolute atomic E-state index is 4.53. The van der Waals surface area contributed by atoms with E-state index in [1.807, 2.05) is 6.20 Å². The molecule has 1 N–H and O–H groups in total. The Balaban J connectivity index is 0.00000176. The summed E-state index contributed by atoms with van der Waals surface area (Å²) < 4.78 is 2.08. The van der Waals surface area contributed by atoms with Gasteiger partial charge in [0.2, 0.25) is 0 Å². The van der Waals surface area contributed by atoms with Crippen LogP contribution in [0.2, 0.25) is 0 Å². The van der Waals surface area contributed by atoms with Crippen molar-refractivity contribution in [1.29, 1.82) is 0 Å². The molecule has 0 radical (unpaired) electrons. The molecular formula is C17H25ClN4. The summed E-state index contributed by atoms with van der Waals surface area (Å²) in [5.41, 5.74) is 3.68. The Morgan fingerprint density at radius 3 is 2.50 bits per heavy atom. The molecule has 2 unspecified atom stereocenters. The van der Waals surface area contributed by atoms with Gasteiger partial charge in [-0.25, -0.2) is 4.68 Å². The van der Waals surface area contributed by atoms with Gasteiger partial charge in [0, 0.05) is 37.9 Å². The highest BCUT2D eigenvalue weighted by atomic mass is 35.5. The summed E-state index contributed by atoms with van der Waals surface area (Å²) in [6.45, 7) is 9.76. The highest BCUT2D eigenvalue weighted by Gasteiger charge is 2.22. The van der Waals surface area contributed by atoms with Crippen LogP contribution >= 0.6 is 12.4 Å². The Kier molecular flexibility index (Phi) is 5.62. The number of para-hydroxylation sites is 1. The molecule has 22 heavy (non-hydrogen) atoms. The SMILES string of the molecule is Cc1ccccc1-n1nccc1CN1CC(C)NC(C)C1.Cl. The van der Waals surface area contributed by atoms with Crippen molar-refractivity contribution in [2.75, 3.05) is 13.1 Å². The number of aromatic nitrogens is 2. The largest absolute Gasteiger partial charge is 0.309 e. The van der Waals surface area contributed by atoms with Crippen molar-refractivity contribution < 1.29 is 0 Å². The first kappa shape index (κ1) is 17.0. The Morgan fingerprint density at radius 2 is 1.82 bits per heavy atom. The average Bonchev–Trinajstić information content (AvgIpc) is 2.86. The fourth-order valence-corrected chi connectivity index (χ4v) is 3.27. The molecular weight excluding hydrogens is 296 g/mol. The summed E-state index contributed by atoms with van der Waals surface area (Å²) in [6, 6.07) is 11.6. The van der Waals surface area contributed by atoms with Crippen molar-refractivity contribution in [3.05, 3.63) is 47.8 Å². The number of nitrogens with zero attached hydrogens (tertiary/aromatic N) is 3. The lowest BCUT2D eigenvalue weighted by Crippen LogP contribution is -2.53. The first-order chi connectivity index (χ1) is 10.1. The summed E-state index contributed by atoms with van der Waals surface area (Å²) >= 11 is 0. The van der Waals surface area contributed by atoms with Crippen LogP contribution in [0.3, 0.4) is 0 Å². The molecule has 1 fully saturated rings. The second-order valence-electron chi connectivity index (χ2n) is 6.18. The third-order valence-electron chi connectivity index (χ3n) is 4.08. The second-order valence-corrected chi connectivity index (χ2v) is 6.18. The first-order valence-electron chi connectivity index (χ1n) is 7.71. The number of nitrogens with one attached hydrogen (secondary N) is 1. The lowest BCUT2D eigenvalue weighted by Gasteiger charge is -2.36. The van der Waals surface area contributed by atoms with Gasteiger partial charge >= 0.3 is 0 Å². The summed E-state index contributed by atoms with van der Waals surface area (Å²) in [5.74, 6) is 0. The van der Waals surface area contributed by atoms with E-state index in [-0.39, 0.29) is 12.4 Å². The van der Waals surface area contributed by atoms with Gasteiger partial charge in [0.05, 0.1) is 11.4 Å². The molecule has 0 spiro atoms. The number of hydrogen-bond donors (Lipinski definition) is 1. The van der Waals surface area contributed by atoms with Crippen LogP contribution in [0.4, 0.5) is 0 Å². The van der Waals surface area contributed by atoms with Crippen molar-refractivity contribution in [3.8, 4) is 5.69 Å². The topological polar surface area (TPSA) is 33.1 Å². The molecule has 1 aromatic heterocycles. The van der Waals surface area contributed by atoms with E-state index in [2.05, 4.69) is 71.1 Å². The maximum Gasteiger partial charge on any atom is 0.0678 e. The molecule has 1 saturated heterocycles. The minimum atomic E-state index is 0. The molecule has 4 nitrogen and oxygen atoms in total. The molecule has 2 atom stereocenters. The third kappa shape index (κ3) is 3.69. The van der Waals surface area contributed by atoms with Gasteiger partial charge in [0.15, 0.2) is 0 Å². The van der Waals surface area contributed by atoms with Crippen LogP contribution in [-0.4, -0.2) is 39.9 Å². The van der Waals surface area contributed by atoms with Gasteiger partial charge < -0.3 is 5.32 Å². The minimum Gasteiger partial charge on any atom is -0.309 e. The van der Waals surface area contributed by atoms with Gasteiger partial charge in [-0.05, 0) is 38.5 Å². The van der Waals surface area contributed by atoms with Crippen molar-refractivity contribution in [2.24, 2.45) is 0 Å². The van der Waals surface area contributed by atoms with Crippen LogP contribution in [-0.2, 0) is 6.54 Å². The number of rotatable bonds is 3. The van der Waals surface area contributed by atoms with Crippen LogP contribution in [0.25, 0.3) is 5.69 Å².